The van der Waals surface area contributed by atoms with Crippen LogP contribution in [0.5, 0.6) is 0 Å². The lowest BCUT2D eigenvalue weighted by molar-refractivity contribution is 1.28. The highest BCUT2D eigenvalue weighted by Crippen LogP contribution is 2.24. The van der Waals surface area contributed by atoms with Crippen molar-refractivity contribution in [2.45, 2.75) is 6.92 Å². The quantitative estimate of drug-likeness (QED) is 0.562. The largest absolute Gasteiger partial charge is 0.399 e. The molecule has 2 aromatic rings. The molecule has 12 heavy (non-hydrogen) atoms. The minimum absolute atomic E-state index is 0.806. The van der Waals surface area contributed by atoms with E-state index in [4.69, 9.17) is 5.73 Å². The van der Waals surface area contributed by atoms with Crippen molar-refractivity contribution in [1.82, 2.24) is 4.98 Å². The van der Waals surface area contributed by atoms with Gasteiger partial charge in [-0.25, -0.2) is 0 Å². The molecule has 3 N–H and O–H groups in total. The van der Waals surface area contributed by atoms with Gasteiger partial charge in [0.25, 0.3) is 0 Å². The predicted octanol–water partition coefficient (Wildman–Crippen LogP) is 2.66. The van der Waals surface area contributed by atoms with Crippen molar-refractivity contribution in [3.05, 3.63) is 27.5 Å². The number of hydrogen-bond acceptors (Lipinski definition) is 1. The second-order valence-corrected chi connectivity index (χ2v) is 3.95. The molecule has 3 heteroatoms. The Hall–Kier alpha value is -0.710. The fraction of sp³-hybridized carbons (Fsp3) is 0.111. The van der Waals surface area contributed by atoms with Gasteiger partial charge in [-0.1, -0.05) is 0 Å². The number of aryl methyl sites for hydroxylation is 1. The van der Waals surface area contributed by atoms with E-state index in [-0.39, 0.29) is 0 Å². The number of nitrogens with two attached hydrogens (primary N) is 1. The number of benzene rings is 1. The minimum atomic E-state index is 0.806. The van der Waals surface area contributed by atoms with Crippen LogP contribution in [0.3, 0.4) is 0 Å². The van der Waals surface area contributed by atoms with Crippen molar-refractivity contribution in [3.8, 4) is 0 Å². The number of rotatable bonds is 0. The van der Waals surface area contributed by atoms with Crippen LogP contribution in [0, 0.1) is 10.5 Å². The Morgan fingerprint density at radius 2 is 2.17 bits per heavy atom. The van der Waals surface area contributed by atoms with Crippen LogP contribution < -0.4 is 5.73 Å². The molecule has 0 aliphatic heterocycles. The average molecular weight is 272 g/mol. The second-order valence-electron chi connectivity index (χ2n) is 2.87. The number of anilines is 1. The number of aromatic nitrogens is 1. The Morgan fingerprint density at radius 3 is 2.92 bits per heavy atom. The first-order valence-electron chi connectivity index (χ1n) is 3.72. The Morgan fingerprint density at radius 1 is 1.42 bits per heavy atom. The summed E-state index contributed by atoms with van der Waals surface area (Å²) in [6.07, 6.45) is 0. The fourth-order valence-corrected chi connectivity index (χ4v) is 1.92. The molecule has 0 unspecified atom stereocenters. The predicted molar refractivity (Wildman–Crippen MR) is 60.2 cm³/mol. The Kier molecular flexibility index (Phi) is 1.75. The summed E-state index contributed by atoms with van der Waals surface area (Å²) in [5.74, 6) is 0. The fourth-order valence-electron chi connectivity index (χ4n) is 1.32. The Balaban J connectivity index is 2.87. The molecule has 2 rings (SSSR count). The van der Waals surface area contributed by atoms with Crippen LogP contribution >= 0.6 is 22.6 Å². The third-order valence-electron chi connectivity index (χ3n) is 1.93. The lowest BCUT2D eigenvalue weighted by Gasteiger charge is -1.92. The molecule has 0 spiro atoms. The van der Waals surface area contributed by atoms with E-state index in [1.54, 1.807) is 0 Å². The van der Waals surface area contributed by atoms with Crippen molar-refractivity contribution in [3.63, 3.8) is 0 Å². The molecule has 0 aliphatic carbocycles. The van der Waals surface area contributed by atoms with E-state index in [9.17, 15) is 0 Å². The molecule has 0 bridgehead atoms. The molecule has 1 aromatic carbocycles. The average Bonchev–Trinajstić information content (AvgIpc) is 2.28. The monoisotopic (exact) mass is 272 g/mol. The first-order chi connectivity index (χ1) is 5.68. The van der Waals surface area contributed by atoms with Gasteiger partial charge in [-0.15, -0.1) is 0 Å². The topological polar surface area (TPSA) is 41.8 Å². The van der Waals surface area contributed by atoms with Gasteiger partial charge in [0.05, 0.1) is 0 Å². The molecule has 0 radical (unpaired) electrons. The highest BCUT2D eigenvalue weighted by atomic mass is 127. The number of hydrogen-bond donors (Lipinski definition) is 2. The summed E-state index contributed by atoms with van der Waals surface area (Å²) >= 11 is 2.34. The van der Waals surface area contributed by atoms with Gasteiger partial charge in [0, 0.05) is 25.9 Å². The molecule has 0 saturated heterocycles. The van der Waals surface area contributed by atoms with Crippen molar-refractivity contribution in [2.75, 3.05) is 5.73 Å². The highest BCUT2D eigenvalue weighted by molar-refractivity contribution is 14.1. The number of nitrogen functional groups attached to an aromatic ring is 1. The number of H-pyrrole nitrogens is 1. The zero-order valence-electron chi connectivity index (χ0n) is 6.69. The first-order valence-corrected chi connectivity index (χ1v) is 4.79. The molecular weight excluding hydrogens is 263 g/mol. The van der Waals surface area contributed by atoms with Gasteiger partial charge in [-0.05, 0) is 47.7 Å². The normalized spacial score (nSPS) is 10.8. The van der Waals surface area contributed by atoms with Gasteiger partial charge >= 0.3 is 0 Å². The summed E-state index contributed by atoms with van der Waals surface area (Å²) in [5, 5.41) is 1.25. The molecule has 0 fully saturated rings. The van der Waals surface area contributed by atoms with E-state index >= 15 is 0 Å². The molecule has 0 atom stereocenters. The van der Waals surface area contributed by atoms with Crippen LogP contribution in [0.4, 0.5) is 5.69 Å². The van der Waals surface area contributed by atoms with Crippen molar-refractivity contribution >= 4 is 39.2 Å². The van der Waals surface area contributed by atoms with Crippen LogP contribution in [-0.2, 0) is 0 Å². The molecule has 0 amide bonds. The van der Waals surface area contributed by atoms with Crippen molar-refractivity contribution in [2.24, 2.45) is 0 Å². The van der Waals surface area contributed by atoms with Gasteiger partial charge in [0.1, 0.15) is 0 Å². The minimum Gasteiger partial charge on any atom is -0.399 e. The molecular formula is C9H9IN2. The summed E-state index contributed by atoms with van der Waals surface area (Å²) in [7, 11) is 0. The van der Waals surface area contributed by atoms with Crippen LogP contribution in [0.2, 0.25) is 0 Å². The zero-order chi connectivity index (χ0) is 8.72. The van der Waals surface area contributed by atoms with Crippen LogP contribution in [0.25, 0.3) is 10.9 Å². The molecule has 62 valence electrons. The van der Waals surface area contributed by atoms with Crippen molar-refractivity contribution < 1.29 is 0 Å². The Bertz CT molecular complexity index is 431. The number of fused-ring (bicyclic) bond motifs is 1. The van der Waals surface area contributed by atoms with Crippen molar-refractivity contribution in [1.29, 1.82) is 0 Å². The Labute approximate surface area is 84.3 Å². The third kappa shape index (κ3) is 1.08. The lowest BCUT2D eigenvalue weighted by Crippen LogP contribution is -1.82. The smallest absolute Gasteiger partial charge is 0.0487 e. The summed E-state index contributed by atoms with van der Waals surface area (Å²) < 4.78 is 1.28. The van der Waals surface area contributed by atoms with Gasteiger partial charge in [0.15, 0.2) is 0 Å². The van der Waals surface area contributed by atoms with Gasteiger partial charge in [-0.3, -0.25) is 0 Å². The van der Waals surface area contributed by atoms with E-state index in [2.05, 4.69) is 40.6 Å². The third-order valence-corrected chi connectivity index (χ3v) is 3.32. The van der Waals surface area contributed by atoms with E-state index in [1.165, 1.54) is 14.7 Å². The summed E-state index contributed by atoms with van der Waals surface area (Å²) in [4.78, 5) is 3.28. The maximum atomic E-state index is 5.66. The SMILES string of the molecule is Cc1[nH]c2cc(N)ccc2c1I. The van der Waals surface area contributed by atoms with Gasteiger partial charge in [-0.2, -0.15) is 0 Å². The second kappa shape index (κ2) is 2.65. The maximum absolute atomic E-state index is 5.66. The lowest BCUT2D eigenvalue weighted by atomic mass is 10.2. The van der Waals surface area contributed by atoms with E-state index < -0.39 is 0 Å². The highest BCUT2D eigenvalue weighted by Gasteiger charge is 2.04. The number of halogens is 1. The summed E-state index contributed by atoms with van der Waals surface area (Å²) in [6, 6.07) is 5.94. The van der Waals surface area contributed by atoms with Gasteiger partial charge in [0.2, 0.25) is 0 Å². The van der Waals surface area contributed by atoms with Gasteiger partial charge < -0.3 is 10.7 Å². The summed E-state index contributed by atoms with van der Waals surface area (Å²) in [5.41, 5.74) is 8.79. The summed E-state index contributed by atoms with van der Waals surface area (Å²) in [6.45, 7) is 2.07. The molecule has 0 aliphatic rings. The molecule has 1 heterocycles. The molecule has 1 aromatic heterocycles. The van der Waals surface area contributed by atoms with Crippen LogP contribution in [-0.4, -0.2) is 4.98 Å². The zero-order valence-corrected chi connectivity index (χ0v) is 8.84. The van der Waals surface area contributed by atoms with E-state index in [0.717, 1.165) is 11.2 Å². The van der Waals surface area contributed by atoms with Crippen LogP contribution in [0.15, 0.2) is 18.2 Å². The first kappa shape index (κ1) is 7.91. The number of aromatic amines is 1. The van der Waals surface area contributed by atoms with E-state index in [0.29, 0.717) is 0 Å². The van der Waals surface area contributed by atoms with Crippen LogP contribution in [0.1, 0.15) is 5.69 Å². The molecule has 2 nitrogen and oxygen atoms in total. The standard InChI is InChI=1S/C9H9IN2/c1-5-9(10)7-3-2-6(11)4-8(7)12-5/h2-4,12H,11H2,1H3. The van der Waals surface area contributed by atoms with E-state index in [1.807, 2.05) is 12.1 Å². The number of nitrogens with one attached hydrogen (secondary N) is 1. The molecule has 0 saturated carbocycles. The maximum Gasteiger partial charge on any atom is 0.0487 e.